The molecule has 1 aliphatic heterocycles. The predicted octanol–water partition coefficient (Wildman–Crippen LogP) is 2.71. The molecule has 2 fully saturated rings. The van der Waals surface area contributed by atoms with Crippen LogP contribution in [-0.4, -0.2) is 31.1 Å². The highest BCUT2D eigenvalue weighted by molar-refractivity contribution is 5.31. The summed E-state index contributed by atoms with van der Waals surface area (Å²) in [6, 6.07) is 9.29. The molecule has 2 aliphatic rings. The number of rotatable bonds is 5. The molecule has 1 saturated heterocycles. The summed E-state index contributed by atoms with van der Waals surface area (Å²) >= 11 is 0. The normalized spacial score (nSPS) is 22.4. The zero-order chi connectivity index (χ0) is 13.1. The van der Waals surface area contributed by atoms with Crippen LogP contribution in [0.5, 0.6) is 0 Å². The van der Waals surface area contributed by atoms with Crippen LogP contribution in [0, 0.1) is 0 Å². The largest absolute Gasteiger partial charge is 0.330 e. The molecule has 0 unspecified atom stereocenters. The average molecular weight is 258 g/mol. The molecule has 0 amide bonds. The number of hydrogen-bond acceptors (Lipinski definition) is 2. The summed E-state index contributed by atoms with van der Waals surface area (Å²) < 4.78 is 0. The summed E-state index contributed by atoms with van der Waals surface area (Å²) in [4.78, 5) is 2.58. The average Bonchev–Trinajstić information content (AvgIpc) is 2.90. The van der Waals surface area contributed by atoms with Crippen molar-refractivity contribution in [1.82, 2.24) is 4.90 Å². The molecule has 104 valence electrons. The lowest BCUT2D eigenvalue weighted by molar-refractivity contribution is 0.253. The molecule has 2 nitrogen and oxygen atoms in total. The molecular formula is C17H26N2. The van der Waals surface area contributed by atoms with Crippen LogP contribution >= 0.6 is 0 Å². The van der Waals surface area contributed by atoms with Crippen LogP contribution in [0.3, 0.4) is 0 Å². The van der Waals surface area contributed by atoms with Gasteiger partial charge in [-0.15, -0.1) is 0 Å². The molecule has 1 aliphatic carbocycles. The Bertz CT molecular complexity index is 394. The van der Waals surface area contributed by atoms with E-state index in [0.717, 1.165) is 6.54 Å². The van der Waals surface area contributed by atoms with E-state index in [1.54, 1.807) is 0 Å². The van der Waals surface area contributed by atoms with Crippen molar-refractivity contribution in [2.75, 3.05) is 26.2 Å². The quantitative estimate of drug-likeness (QED) is 0.880. The summed E-state index contributed by atoms with van der Waals surface area (Å²) in [5.74, 6) is 0. The number of benzene rings is 1. The van der Waals surface area contributed by atoms with E-state index in [9.17, 15) is 0 Å². The van der Waals surface area contributed by atoms with Crippen molar-refractivity contribution in [1.29, 1.82) is 0 Å². The number of nitrogens with two attached hydrogens (primary N) is 1. The zero-order valence-corrected chi connectivity index (χ0v) is 11.9. The van der Waals surface area contributed by atoms with E-state index in [0.29, 0.717) is 5.41 Å². The molecule has 0 aromatic heterocycles. The molecule has 1 saturated carbocycles. The maximum atomic E-state index is 5.97. The maximum absolute atomic E-state index is 5.97. The molecule has 3 rings (SSSR count). The van der Waals surface area contributed by atoms with Gasteiger partial charge in [0, 0.05) is 18.5 Å². The van der Waals surface area contributed by atoms with Crippen molar-refractivity contribution in [3.05, 3.63) is 35.4 Å². The fourth-order valence-corrected chi connectivity index (χ4v) is 3.53. The van der Waals surface area contributed by atoms with Crippen LogP contribution < -0.4 is 5.73 Å². The van der Waals surface area contributed by atoms with Gasteiger partial charge < -0.3 is 10.6 Å². The highest BCUT2D eigenvalue weighted by atomic mass is 15.1. The second kappa shape index (κ2) is 5.64. The lowest BCUT2D eigenvalue weighted by atomic mass is 9.64. The monoisotopic (exact) mass is 258 g/mol. The third kappa shape index (κ3) is 2.70. The van der Waals surface area contributed by atoms with Gasteiger partial charge in [-0.1, -0.05) is 30.7 Å². The van der Waals surface area contributed by atoms with Crippen LogP contribution in [0.4, 0.5) is 0 Å². The standard InChI is InChI=1S/C17H26N2/c18-14-17(9-3-10-17)16-6-4-15(5-7-16)8-13-19-11-1-2-12-19/h4-7H,1-3,8-14,18H2. The van der Waals surface area contributed by atoms with Crippen LogP contribution in [0.1, 0.15) is 43.2 Å². The third-order valence-electron chi connectivity index (χ3n) is 5.18. The molecule has 1 aromatic rings. The Hall–Kier alpha value is -0.860. The molecule has 1 heterocycles. The van der Waals surface area contributed by atoms with E-state index in [-0.39, 0.29) is 0 Å². The van der Waals surface area contributed by atoms with Crippen molar-refractivity contribution in [2.24, 2.45) is 5.73 Å². The van der Waals surface area contributed by atoms with E-state index < -0.39 is 0 Å². The Morgan fingerprint density at radius 1 is 1.00 bits per heavy atom. The lowest BCUT2D eigenvalue weighted by Gasteiger charge is -2.41. The lowest BCUT2D eigenvalue weighted by Crippen LogP contribution is -2.41. The van der Waals surface area contributed by atoms with E-state index in [4.69, 9.17) is 5.73 Å². The summed E-state index contributed by atoms with van der Waals surface area (Å²) in [5.41, 5.74) is 9.22. The summed E-state index contributed by atoms with van der Waals surface area (Å²) in [6.45, 7) is 4.63. The second-order valence-electron chi connectivity index (χ2n) is 6.33. The van der Waals surface area contributed by atoms with Gasteiger partial charge in [-0.05, 0) is 56.3 Å². The molecule has 0 spiro atoms. The molecule has 0 radical (unpaired) electrons. The van der Waals surface area contributed by atoms with Gasteiger partial charge in [0.05, 0.1) is 0 Å². The van der Waals surface area contributed by atoms with Gasteiger partial charge in [-0.2, -0.15) is 0 Å². The van der Waals surface area contributed by atoms with Crippen LogP contribution in [0.25, 0.3) is 0 Å². The van der Waals surface area contributed by atoms with Gasteiger partial charge in [0.1, 0.15) is 0 Å². The molecule has 2 N–H and O–H groups in total. The van der Waals surface area contributed by atoms with Gasteiger partial charge in [-0.25, -0.2) is 0 Å². The highest BCUT2D eigenvalue weighted by Gasteiger charge is 2.36. The van der Waals surface area contributed by atoms with Gasteiger partial charge in [-0.3, -0.25) is 0 Å². The minimum atomic E-state index is 0.313. The Morgan fingerprint density at radius 3 is 2.21 bits per heavy atom. The Morgan fingerprint density at radius 2 is 1.68 bits per heavy atom. The number of nitrogens with zero attached hydrogens (tertiary/aromatic N) is 1. The number of likely N-dealkylation sites (tertiary alicyclic amines) is 1. The topological polar surface area (TPSA) is 29.3 Å². The minimum Gasteiger partial charge on any atom is -0.330 e. The SMILES string of the molecule is NCC1(c2ccc(CCN3CCCC3)cc2)CCC1. The van der Waals surface area contributed by atoms with Crippen molar-refractivity contribution in [3.8, 4) is 0 Å². The fourth-order valence-electron chi connectivity index (χ4n) is 3.53. The third-order valence-corrected chi connectivity index (χ3v) is 5.18. The van der Waals surface area contributed by atoms with Crippen LogP contribution in [0.15, 0.2) is 24.3 Å². The first kappa shape index (κ1) is 13.1. The second-order valence-corrected chi connectivity index (χ2v) is 6.33. The first-order valence-electron chi connectivity index (χ1n) is 7.84. The van der Waals surface area contributed by atoms with Crippen molar-refractivity contribution < 1.29 is 0 Å². The molecule has 0 atom stereocenters. The minimum absolute atomic E-state index is 0.313. The van der Waals surface area contributed by atoms with E-state index in [1.807, 2.05) is 0 Å². The van der Waals surface area contributed by atoms with Gasteiger partial charge >= 0.3 is 0 Å². The molecule has 19 heavy (non-hydrogen) atoms. The van der Waals surface area contributed by atoms with E-state index in [1.165, 1.54) is 69.3 Å². The first-order chi connectivity index (χ1) is 9.32. The van der Waals surface area contributed by atoms with Crippen LogP contribution in [0.2, 0.25) is 0 Å². The van der Waals surface area contributed by atoms with Gasteiger partial charge in [0.2, 0.25) is 0 Å². The van der Waals surface area contributed by atoms with Gasteiger partial charge in [0.25, 0.3) is 0 Å². The van der Waals surface area contributed by atoms with E-state index >= 15 is 0 Å². The number of hydrogen-bond donors (Lipinski definition) is 1. The molecule has 1 aromatic carbocycles. The van der Waals surface area contributed by atoms with Gasteiger partial charge in [0.15, 0.2) is 0 Å². The summed E-state index contributed by atoms with van der Waals surface area (Å²) in [7, 11) is 0. The van der Waals surface area contributed by atoms with Crippen molar-refractivity contribution in [3.63, 3.8) is 0 Å². The predicted molar refractivity (Wildman–Crippen MR) is 80.4 cm³/mol. The highest BCUT2D eigenvalue weighted by Crippen LogP contribution is 2.42. The Labute approximate surface area is 117 Å². The van der Waals surface area contributed by atoms with Crippen LogP contribution in [-0.2, 0) is 11.8 Å². The maximum Gasteiger partial charge on any atom is 0.00755 e. The summed E-state index contributed by atoms with van der Waals surface area (Å²) in [6.07, 6.45) is 7.85. The first-order valence-corrected chi connectivity index (χ1v) is 7.84. The fraction of sp³-hybridized carbons (Fsp3) is 0.647. The van der Waals surface area contributed by atoms with Crippen molar-refractivity contribution >= 4 is 0 Å². The summed E-state index contributed by atoms with van der Waals surface area (Å²) in [5, 5.41) is 0. The smallest absolute Gasteiger partial charge is 0.00755 e. The van der Waals surface area contributed by atoms with E-state index in [2.05, 4.69) is 29.2 Å². The van der Waals surface area contributed by atoms with Crippen molar-refractivity contribution in [2.45, 2.75) is 43.9 Å². The Balaban J connectivity index is 1.59. The molecular weight excluding hydrogens is 232 g/mol. The zero-order valence-electron chi connectivity index (χ0n) is 11.9. The molecule has 2 heteroatoms. The Kier molecular flexibility index (Phi) is 3.90. The molecule has 0 bridgehead atoms.